The second-order valence-corrected chi connectivity index (χ2v) is 2.30. The molecule has 1 rings (SSSR count). The van der Waals surface area contributed by atoms with Crippen molar-refractivity contribution in [2.75, 3.05) is 6.07 Å². The zero-order valence-corrected chi connectivity index (χ0v) is 6.54. The minimum atomic E-state index is -4.35. The van der Waals surface area contributed by atoms with Gasteiger partial charge in [0, 0.05) is 0 Å². The fourth-order valence-corrected chi connectivity index (χ4v) is 0.849. The Kier molecular flexibility index (Phi) is 3.13. The van der Waals surface area contributed by atoms with Crippen molar-refractivity contribution in [1.29, 1.82) is 0 Å². The molecule has 4 nitrogen and oxygen atoms in total. The van der Waals surface area contributed by atoms with Crippen molar-refractivity contribution in [2.24, 2.45) is 0 Å². The third kappa shape index (κ3) is 2.46. The summed E-state index contributed by atoms with van der Waals surface area (Å²) in [6.07, 6.45) is -7.06. The molecule has 0 amide bonds. The van der Waals surface area contributed by atoms with Gasteiger partial charge in [-0.1, -0.05) is 11.6 Å². The lowest BCUT2D eigenvalue weighted by Crippen LogP contribution is -2.46. The molecule has 0 aromatic rings. The zero-order valence-electron chi connectivity index (χ0n) is 5.78. The van der Waals surface area contributed by atoms with Crippen LogP contribution in [0.4, 0.5) is 13.2 Å². The third-order valence-electron chi connectivity index (χ3n) is 1.23. The first kappa shape index (κ1) is 10.0. The van der Waals surface area contributed by atoms with Gasteiger partial charge in [0.25, 0.3) is 0 Å². The Labute approximate surface area is 71.4 Å². The van der Waals surface area contributed by atoms with Crippen molar-refractivity contribution in [3.8, 4) is 0 Å². The Bertz CT molecular complexity index is 155. The van der Waals surface area contributed by atoms with E-state index in [1.54, 1.807) is 0 Å². The molecule has 1 fully saturated rings. The Morgan fingerprint density at radius 1 is 1.33 bits per heavy atom. The predicted molar refractivity (Wildman–Crippen MR) is 34.8 cm³/mol. The second-order valence-electron chi connectivity index (χ2n) is 2.09. The van der Waals surface area contributed by atoms with Crippen molar-refractivity contribution in [3.05, 3.63) is 0 Å². The molecule has 1 saturated heterocycles. The maximum absolute atomic E-state index is 11.9. The van der Waals surface area contributed by atoms with E-state index in [2.05, 4.69) is 15.5 Å². The van der Waals surface area contributed by atoms with E-state index in [-0.39, 0.29) is 6.07 Å². The Morgan fingerprint density at radius 2 is 2.00 bits per heavy atom. The summed E-state index contributed by atoms with van der Waals surface area (Å²) in [7, 11) is 0. The summed E-state index contributed by atoms with van der Waals surface area (Å²) < 4.78 is 40.4. The molecule has 2 unspecified atom stereocenters. The topological polar surface area (TPSA) is 45.3 Å². The Balaban J connectivity index is 2.35. The summed E-state index contributed by atoms with van der Waals surface area (Å²) in [5.41, 5.74) is 4.19. The Hall–Kier alpha value is -0.0800. The van der Waals surface area contributed by atoms with Crippen molar-refractivity contribution >= 4 is 11.6 Å². The number of hydrogen-bond donors (Lipinski definition) is 3. The fourth-order valence-electron chi connectivity index (χ4n) is 0.723. The first-order valence-electron chi connectivity index (χ1n) is 3.05. The van der Waals surface area contributed by atoms with E-state index in [1.807, 2.05) is 5.43 Å². The van der Waals surface area contributed by atoms with Crippen LogP contribution in [0.5, 0.6) is 0 Å². The van der Waals surface area contributed by atoms with Crippen molar-refractivity contribution < 1.29 is 17.9 Å². The van der Waals surface area contributed by atoms with Gasteiger partial charge in [-0.25, -0.2) is 10.9 Å². The highest BCUT2D eigenvalue weighted by molar-refractivity contribution is 6.17. The van der Waals surface area contributed by atoms with Crippen LogP contribution in [0.25, 0.3) is 0 Å². The molecular formula is C4H7ClF3N3O. The summed E-state index contributed by atoms with van der Waals surface area (Å²) in [4.78, 5) is 0. The molecule has 1 heterocycles. The summed E-state index contributed by atoms with van der Waals surface area (Å²) in [6, 6.07) is -0.184. The van der Waals surface area contributed by atoms with Crippen LogP contribution >= 0.6 is 11.6 Å². The largest absolute Gasteiger partial charge is 0.418 e. The van der Waals surface area contributed by atoms with Gasteiger partial charge >= 0.3 is 6.18 Å². The lowest BCUT2D eigenvalue weighted by atomic mass is 10.5. The van der Waals surface area contributed by atoms with Crippen molar-refractivity contribution in [1.82, 2.24) is 16.2 Å². The maximum atomic E-state index is 11.9. The molecule has 0 radical (unpaired) electrons. The number of ether oxygens (including phenoxy) is 1. The molecule has 3 N–H and O–H groups in total. The van der Waals surface area contributed by atoms with Gasteiger partial charge in [-0.2, -0.15) is 13.2 Å². The van der Waals surface area contributed by atoms with Gasteiger partial charge in [-0.15, -0.1) is 0 Å². The highest BCUT2D eigenvalue weighted by Crippen LogP contribution is 2.19. The molecule has 0 aromatic carbocycles. The first-order valence-corrected chi connectivity index (χ1v) is 3.59. The zero-order chi connectivity index (χ0) is 9.19. The monoisotopic (exact) mass is 205 g/mol. The molecule has 1 aliphatic rings. The number of nitrogens with one attached hydrogen (secondary N) is 3. The van der Waals surface area contributed by atoms with Crippen LogP contribution in [-0.2, 0) is 4.74 Å². The second kappa shape index (κ2) is 3.75. The van der Waals surface area contributed by atoms with Crippen molar-refractivity contribution in [2.45, 2.75) is 18.7 Å². The van der Waals surface area contributed by atoms with Crippen LogP contribution in [0.3, 0.4) is 0 Å². The van der Waals surface area contributed by atoms with E-state index in [4.69, 9.17) is 11.6 Å². The smallest absolute Gasteiger partial charge is 0.333 e. The molecule has 2 atom stereocenters. The average Bonchev–Trinajstić information content (AvgIpc) is 2.35. The van der Waals surface area contributed by atoms with E-state index < -0.39 is 18.7 Å². The quantitative estimate of drug-likeness (QED) is 0.559. The van der Waals surface area contributed by atoms with Crippen LogP contribution in [0.1, 0.15) is 0 Å². The van der Waals surface area contributed by atoms with Gasteiger partial charge in [0.05, 0.1) is 0 Å². The first-order chi connectivity index (χ1) is 5.54. The lowest BCUT2D eigenvalue weighted by Gasteiger charge is -2.14. The molecule has 0 aromatic heterocycles. The van der Waals surface area contributed by atoms with Crippen LogP contribution in [0.2, 0.25) is 0 Å². The predicted octanol–water partition coefficient (Wildman–Crippen LogP) is 0.0687. The lowest BCUT2D eigenvalue weighted by molar-refractivity contribution is -0.160. The van der Waals surface area contributed by atoms with E-state index in [0.717, 1.165) is 0 Å². The highest BCUT2D eigenvalue weighted by Gasteiger charge is 2.44. The molecular weight excluding hydrogens is 199 g/mol. The maximum Gasteiger partial charge on any atom is 0.418 e. The molecule has 12 heavy (non-hydrogen) atoms. The van der Waals surface area contributed by atoms with Gasteiger partial charge < -0.3 is 4.74 Å². The molecule has 8 heteroatoms. The van der Waals surface area contributed by atoms with E-state index >= 15 is 0 Å². The van der Waals surface area contributed by atoms with E-state index in [9.17, 15) is 13.2 Å². The van der Waals surface area contributed by atoms with E-state index in [1.165, 1.54) is 0 Å². The van der Waals surface area contributed by atoms with Gasteiger partial charge in [0.2, 0.25) is 0 Å². The summed E-state index contributed by atoms with van der Waals surface area (Å²) in [5, 5.41) is 2.08. The Morgan fingerprint density at radius 3 is 2.42 bits per heavy atom. The number of alkyl halides is 4. The van der Waals surface area contributed by atoms with Gasteiger partial charge in [-0.3, -0.25) is 5.32 Å². The van der Waals surface area contributed by atoms with Crippen molar-refractivity contribution in [3.63, 3.8) is 0 Å². The molecule has 0 saturated carbocycles. The minimum absolute atomic E-state index is 0.184. The number of hydrogen-bond acceptors (Lipinski definition) is 4. The normalized spacial score (nSPS) is 31.0. The van der Waals surface area contributed by atoms with Crippen LogP contribution in [0, 0.1) is 0 Å². The SMILES string of the molecule is FC(F)(F)C1NNC(OCCl)N1. The van der Waals surface area contributed by atoms with Crippen LogP contribution in [0.15, 0.2) is 0 Å². The van der Waals surface area contributed by atoms with Gasteiger partial charge in [0.1, 0.15) is 6.07 Å². The fraction of sp³-hybridized carbons (Fsp3) is 1.00. The molecule has 0 bridgehead atoms. The number of hydrazine groups is 1. The standard InChI is InChI=1S/C4H7ClF3N3O/c5-1-12-3-9-2(10-11-3)4(6,7)8/h2-3,9-11H,1H2. The summed E-state index contributed by atoms with van der Waals surface area (Å²) >= 11 is 5.13. The summed E-state index contributed by atoms with van der Waals surface area (Å²) in [5.74, 6) is 0. The van der Waals surface area contributed by atoms with Gasteiger partial charge in [-0.05, 0) is 0 Å². The van der Waals surface area contributed by atoms with Crippen LogP contribution in [-0.4, -0.2) is 24.8 Å². The summed E-state index contributed by atoms with van der Waals surface area (Å²) in [6.45, 7) is 0. The van der Waals surface area contributed by atoms with Crippen LogP contribution < -0.4 is 16.2 Å². The minimum Gasteiger partial charge on any atom is -0.333 e. The molecule has 1 aliphatic heterocycles. The van der Waals surface area contributed by atoms with Gasteiger partial charge in [0.15, 0.2) is 12.5 Å². The number of rotatable bonds is 2. The number of halogens is 4. The third-order valence-corrected chi connectivity index (χ3v) is 1.36. The van der Waals surface area contributed by atoms with E-state index in [0.29, 0.717) is 0 Å². The molecule has 0 spiro atoms. The molecule has 72 valence electrons. The highest BCUT2D eigenvalue weighted by atomic mass is 35.5. The average molecular weight is 206 g/mol. The molecule has 0 aliphatic carbocycles.